The first kappa shape index (κ1) is 15.9. The van der Waals surface area contributed by atoms with Gasteiger partial charge in [-0.2, -0.15) is 13.2 Å². The van der Waals surface area contributed by atoms with Crippen LogP contribution in [0.1, 0.15) is 42.9 Å². The van der Waals surface area contributed by atoms with Crippen LogP contribution in [0.5, 0.6) is 0 Å². The fourth-order valence-electron chi connectivity index (χ4n) is 2.70. The maximum Gasteiger partial charge on any atom is 0.397 e. The van der Waals surface area contributed by atoms with Gasteiger partial charge in [-0.25, -0.2) is 9.97 Å². The molecule has 3 heterocycles. The van der Waals surface area contributed by atoms with Crippen LogP contribution in [0.3, 0.4) is 0 Å². The van der Waals surface area contributed by atoms with Gasteiger partial charge in [0.2, 0.25) is 11.8 Å². The lowest BCUT2D eigenvalue weighted by Gasteiger charge is -2.32. The van der Waals surface area contributed by atoms with Crippen molar-refractivity contribution in [2.75, 3.05) is 6.54 Å². The van der Waals surface area contributed by atoms with Crippen LogP contribution in [0.2, 0.25) is 0 Å². The highest BCUT2D eigenvalue weighted by atomic mass is 19.4. The van der Waals surface area contributed by atoms with E-state index >= 15 is 0 Å². The first-order valence-electron chi connectivity index (χ1n) is 7.40. The highest BCUT2D eigenvalue weighted by Crippen LogP contribution is 2.31. The number of hydrogen-bond donors (Lipinski definition) is 0. The largest absolute Gasteiger partial charge is 0.423 e. The molecule has 0 unspecified atom stereocenters. The highest BCUT2D eigenvalue weighted by Gasteiger charge is 2.33. The Morgan fingerprint density at radius 1 is 1.17 bits per heavy atom. The molecular formula is C14H16F3N5O. The molecule has 0 spiro atoms. The summed E-state index contributed by atoms with van der Waals surface area (Å²) >= 11 is 0. The van der Waals surface area contributed by atoms with Gasteiger partial charge in [0.25, 0.3) is 0 Å². The Balaban J connectivity index is 1.73. The summed E-state index contributed by atoms with van der Waals surface area (Å²) in [4.78, 5) is 10.4. The molecule has 2 aromatic rings. The van der Waals surface area contributed by atoms with Crippen molar-refractivity contribution in [3.63, 3.8) is 0 Å². The van der Waals surface area contributed by atoms with Gasteiger partial charge >= 0.3 is 6.18 Å². The van der Waals surface area contributed by atoms with Gasteiger partial charge < -0.3 is 4.42 Å². The number of nitrogens with zero attached hydrogens (tertiary/aromatic N) is 5. The third-order valence-electron chi connectivity index (χ3n) is 3.70. The molecule has 1 saturated heterocycles. The molecule has 0 aliphatic carbocycles. The number of rotatable bonds is 4. The molecule has 2 aromatic heterocycles. The Bertz CT molecular complexity index is 631. The molecular weight excluding hydrogens is 311 g/mol. The zero-order valence-electron chi connectivity index (χ0n) is 12.3. The molecule has 0 bridgehead atoms. The van der Waals surface area contributed by atoms with Gasteiger partial charge in [0.05, 0.1) is 12.6 Å². The molecule has 1 aliphatic heterocycles. The minimum absolute atomic E-state index is 0.193. The van der Waals surface area contributed by atoms with Gasteiger partial charge in [0, 0.05) is 12.4 Å². The van der Waals surface area contributed by atoms with E-state index in [0.29, 0.717) is 12.4 Å². The molecule has 6 nitrogen and oxygen atoms in total. The average molecular weight is 327 g/mol. The van der Waals surface area contributed by atoms with Crippen LogP contribution in [0.15, 0.2) is 22.9 Å². The second kappa shape index (κ2) is 6.61. The lowest BCUT2D eigenvalue weighted by Crippen LogP contribution is -2.33. The maximum absolute atomic E-state index is 12.4. The van der Waals surface area contributed by atoms with Crippen LogP contribution < -0.4 is 0 Å². The van der Waals surface area contributed by atoms with E-state index in [1.54, 1.807) is 18.5 Å². The van der Waals surface area contributed by atoms with Gasteiger partial charge in [0.15, 0.2) is 0 Å². The van der Waals surface area contributed by atoms with Crippen LogP contribution in [0, 0.1) is 0 Å². The van der Waals surface area contributed by atoms with Crippen molar-refractivity contribution in [3.8, 4) is 0 Å². The topological polar surface area (TPSA) is 67.9 Å². The molecule has 1 fully saturated rings. The number of alkyl halides is 3. The van der Waals surface area contributed by atoms with E-state index in [4.69, 9.17) is 4.42 Å². The van der Waals surface area contributed by atoms with Crippen molar-refractivity contribution in [1.82, 2.24) is 25.1 Å². The molecule has 23 heavy (non-hydrogen) atoms. The maximum atomic E-state index is 12.4. The lowest BCUT2D eigenvalue weighted by atomic mass is 10.0. The summed E-state index contributed by atoms with van der Waals surface area (Å²) in [6.07, 6.45) is 0.508. The monoisotopic (exact) mass is 327 g/mol. The Kier molecular flexibility index (Phi) is 4.56. The van der Waals surface area contributed by atoms with Crippen molar-refractivity contribution in [2.24, 2.45) is 0 Å². The molecule has 0 amide bonds. The fraction of sp³-hybridized carbons (Fsp3) is 0.571. The van der Waals surface area contributed by atoms with Crippen molar-refractivity contribution in [3.05, 3.63) is 36.1 Å². The van der Waals surface area contributed by atoms with Crippen molar-refractivity contribution < 1.29 is 17.6 Å². The predicted octanol–water partition coefficient (Wildman–Crippen LogP) is 2.69. The second-order valence-corrected chi connectivity index (χ2v) is 5.47. The van der Waals surface area contributed by atoms with Crippen LogP contribution in [-0.2, 0) is 13.0 Å². The Morgan fingerprint density at radius 3 is 2.70 bits per heavy atom. The minimum Gasteiger partial charge on any atom is -0.423 e. The Morgan fingerprint density at radius 2 is 1.96 bits per heavy atom. The summed E-state index contributed by atoms with van der Waals surface area (Å²) in [5.41, 5.74) is 0. The highest BCUT2D eigenvalue weighted by molar-refractivity contribution is 4.97. The average Bonchev–Trinajstić information content (AvgIpc) is 2.95. The summed E-state index contributed by atoms with van der Waals surface area (Å²) in [5, 5.41) is 7.34. The molecule has 0 aromatic carbocycles. The summed E-state index contributed by atoms with van der Waals surface area (Å²) < 4.78 is 42.4. The van der Waals surface area contributed by atoms with Gasteiger partial charge in [-0.15, -0.1) is 10.2 Å². The van der Waals surface area contributed by atoms with Crippen molar-refractivity contribution >= 4 is 0 Å². The Hall–Kier alpha value is -2.03. The molecule has 0 N–H and O–H groups in total. The minimum atomic E-state index is -4.35. The number of aromatic nitrogens is 4. The summed E-state index contributed by atoms with van der Waals surface area (Å²) in [5.74, 6) is 0.503. The zero-order valence-corrected chi connectivity index (χ0v) is 12.3. The second-order valence-electron chi connectivity index (χ2n) is 5.47. The molecule has 0 radical (unpaired) electrons. The molecule has 1 atom stereocenters. The van der Waals surface area contributed by atoms with Gasteiger partial charge in [-0.05, 0) is 25.5 Å². The third kappa shape index (κ3) is 4.25. The standard InChI is InChI=1S/C14H16F3N5O/c15-14(16,17)8-12-20-21-13(23-12)10-4-1-2-7-22(10)9-11-18-5-3-6-19-11/h3,5-6,10H,1-2,4,7-9H2/t10-/m0/s1. The van der Waals surface area contributed by atoms with Gasteiger partial charge in [-0.3, -0.25) is 4.90 Å². The molecule has 124 valence electrons. The quantitative estimate of drug-likeness (QED) is 0.860. The fourth-order valence-corrected chi connectivity index (χ4v) is 2.70. The van der Waals surface area contributed by atoms with Crippen molar-refractivity contribution in [1.29, 1.82) is 0 Å². The van der Waals surface area contributed by atoms with E-state index < -0.39 is 18.5 Å². The van der Waals surface area contributed by atoms with E-state index in [1.165, 1.54) is 0 Å². The molecule has 0 saturated carbocycles. The Labute approximate surface area is 130 Å². The van der Waals surface area contributed by atoms with E-state index in [-0.39, 0.29) is 11.9 Å². The molecule has 3 rings (SSSR count). The smallest absolute Gasteiger partial charge is 0.397 e. The third-order valence-corrected chi connectivity index (χ3v) is 3.70. The first-order valence-corrected chi connectivity index (χ1v) is 7.40. The van der Waals surface area contributed by atoms with Crippen LogP contribution in [0.4, 0.5) is 13.2 Å². The number of piperidine rings is 1. The van der Waals surface area contributed by atoms with E-state index in [9.17, 15) is 13.2 Å². The van der Waals surface area contributed by atoms with Crippen molar-refractivity contribution in [2.45, 2.75) is 44.4 Å². The first-order chi connectivity index (χ1) is 11.0. The summed E-state index contributed by atoms with van der Waals surface area (Å²) in [6, 6.07) is 1.54. The van der Waals surface area contributed by atoms with E-state index in [0.717, 1.165) is 25.8 Å². The molecule has 9 heteroatoms. The number of halogens is 3. The SMILES string of the molecule is FC(F)(F)Cc1nnc([C@@H]2CCCCN2Cc2ncccn2)o1. The van der Waals surface area contributed by atoms with Crippen LogP contribution in [0.25, 0.3) is 0 Å². The van der Waals surface area contributed by atoms with Crippen LogP contribution >= 0.6 is 0 Å². The van der Waals surface area contributed by atoms with Crippen LogP contribution in [-0.4, -0.2) is 37.8 Å². The lowest BCUT2D eigenvalue weighted by molar-refractivity contribution is -0.131. The van der Waals surface area contributed by atoms with E-state index in [2.05, 4.69) is 25.1 Å². The number of hydrogen-bond acceptors (Lipinski definition) is 6. The zero-order chi connectivity index (χ0) is 16.3. The summed E-state index contributed by atoms with van der Waals surface area (Å²) in [6.45, 7) is 1.29. The predicted molar refractivity (Wildman–Crippen MR) is 73.1 cm³/mol. The summed E-state index contributed by atoms with van der Waals surface area (Å²) in [7, 11) is 0. The van der Waals surface area contributed by atoms with E-state index in [1.807, 2.05) is 0 Å². The molecule has 1 aliphatic rings. The van der Waals surface area contributed by atoms with Gasteiger partial charge in [0.1, 0.15) is 12.2 Å². The van der Waals surface area contributed by atoms with Gasteiger partial charge in [-0.1, -0.05) is 6.42 Å². The normalized spacial score (nSPS) is 19.9. The number of likely N-dealkylation sites (tertiary alicyclic amines) is 1.